The molecule has 2 atom stereocenters. The van der Waals surface area contributed by atoms with Gasteiger partial charge in [0.15, 0.2) is 0 Å². The molecule has 1 saturated carbocycles. The normalized spacial score (nSPS) is 48.0. The first-order valence-corrected chi connectivity index (χ1v) is 3.07. The van der Waals surface area contributed by atoms with Gasteiger partial charge >= 0.3 is 0 Å². The predicted molar refractivity (Wildman–Crippen MR) is 27.1 cm³/mol. The first kappa shape index (κ1) is 3.90. The minimum absolute atomic E-state index is 0.671. The molecule has 0 radical (unpaired) electrons. The van der Waals surface area contributed by atoms with E-state index in [1.54, 1.807) is 0 Å². The topological polar surface area (TPSA) is 9.23 Å². The molecular weight excluding hydrogens is 88.1 g/mol. The fraction of sp³-hybridized carbons (Fsp3) is 1.00. The van der Waals surface area contributed by atoms with Crippen LogP contribution in [0.5, 0.6) is 0 Å². The van der Waals surface area contributed by atoms with Crippen molar-refractivity contribution in [2.24, 2.45) is 5.92 Å². The van der Waals surface area contributed by atoms with Crippen LogP contribution in [-0.4, -0.2) is 12.7 Å². The Morgan fingerprint density at radius 2 is 2.29 bits per heavy atom. The summed E-state index contributed by atoms with van der Waals surface area (Å²) in [6.07, 6.45) is 4.81. The highest BCUT2D eigenvalue weighted by Crippen LogP contribution is 2.34. The predicted octanol–water partition coefficient (Wildman–Crippen LogP) is 1.19. The third-order valence-corrected chi connectivity index (χ3v) is 2.06. The van der Waals surface area contributed by atoms with Gasteiger partial charge in [0, 0.05) is 6.61 Å². The molecule has 1 saturated heterocycles. The van der Waals surface area contributed by atoms with Crippen LogP contribution in [0.25, 0.3) is 0 Å². The van der Waals surface area contributed by atoms with Gasteiger partial charge in [-0.2, -0.15) is 0 Å². The highest BCUT2D eigenvalue weighted by atomic mass is 16.5. The second kappa shape index (κ2) is 1.22. The Bertz CT molecular complexity index is 62.2. The van der Waals surface area contributed by atoms with E-state index in [4.69, 9.17) is 4.74 Å². The van der Waals surface area contributed by atoms with Gasteiger partial charge < -0.3 is 4.74 Å². The van der Waals surface area contributed by atoms with Gasteiger partial charge in [-0.15, -0.1) is 0 Å². The molecule has 1 nitrogen and oxygen atoms in total. The average molecular weight is 98.1 g/mol. The molecule has 0 aromatic rings. The zero-order valence-electron chi connectivity index (χ0n) is 4.39. The third kappa shape index (κ3) is 0.480. The fourth-order valence-corrected chi connectivity index (χ4v) is 1.60. The highest BCUT2D eigenvalue weighted by Gasteiger charge is 2.31. The number of rotatable bonds is 0. The lowest BCUT2D eigenvalue weighted by Crippen LogP contribution is -2.05. The Balaban J connectivity index is 2.12. The van der Waals surface area contributed by atoms with Crippen molar-refractivity contribution in [1.82, 2.24) is 0 Å². The largest absolute Gasteiger partial charge is 0.378 e. The Kier molecular flexibility index (Phi) is 0.680. The molecule has 0 amide bonds. The molecule has 1 aliphatic carbocycles. The van der Waals surface area contributed by atoms with Gasteiger partial charge in [0.05, 0.1) is 6.10 Å². The van der Waals surface area contributed by atoms with Crippen LogP contribution in [0.2, 0.25) is 0 Å². The number of fused-ring (bicyclic) bond motifs is 2. The van der Waals surface area contributed by atoms with Gasteiger partial charge in [0.1, 0.15) is 0 Å². The highest BCUT2D eigenvalue weighted by molar-refractivity contribution is 4.81. The zero-order valence-corrected chi connectivity index (χ0v) is 4.39. The van der Waals surface area contributed by atoms with Gasteiger partial charge in [-0.05, 0) is 25.2 Å². The summed E-state index contributed by atoms with van der Waals surface area (Å²) < 4.78 is 5.35. The number of hydrogen-bond acceptors (Lipinski definition) is 1. The van der Waals surface area contributed by atoms with Crippen LogP contribution in [0, 0.1) is 5.92 Å². The molecule has 40 valence electrons. The fourth-order valence-electron chi connectivity index (χ4n) is 1.60. The van der Waals surface area contributed by atoms with Crippen LogP contribution in [0.4, 0.5) is 0 Å². The van der Waals surface area contributed by atoms with Crippen molar-refractivity contribution < 1.29 is 4.74 Å². The molecule has 0 N–H and O–H groups in total. The van der Waals surface area contributed by atoms with E-state index in [1.807, 2.05) is 0 Å². The molecule has 0 unspecified atom stereocenters. The Labute approximate surface area is 43.7 Å². The van der Waals surface area contributed by atoms with Crippen molar-refractivity contribution in [3.05, 3.63) is 0 Å². The summed E-state index contributed by atoms with van der Waals surface area (Å²) in [6.45, 7) is 1.06. The van der Waals surface area contributed by atoms with E-state index in [2.05, 4.69) is 0 Å². The van der Waals surface area contributed by atoms with Crippen molar-refractivity contribution in [3.63, 3.8) is 0 Å². The van der Waals surface area contributed by atoms with Crippen molar-refractivity contribution >= 4 is 0 Å². The zero-order chi connectivity index (χ0) is 4.69. The van der Waals surface area contributed by atoms with Gasteiger partial charge in [0.25, 0.3) is 0 Å². The van der Waals surface area contributed by atoms with Crippen molar-refractivity contribution in [2.75, 3.05) is 6.61 Å². The lowest BCUT2D eigenvalue weighted by molar-refractivity contribution is 0.0775. The van der Waals surface area contributed by atoms with E-state index in [-0.39, 0.29) is 0 Å². The number of ether oxygens (including phenoxy) is 1. The molecule has 7 heavy (non-hydrogen) atoms. The summed E-state index contributed by atoms with van der Waals surface area (Å²) in [4.78, 5) is 0. The molecular formula is C6H10O. The van der Waals surface area contributed by atoms with Gasteiger partial charge in [0.2, 0.25) is 0 Å². The SMILES string of the molecule is C1C[C@H]2C[C@@H]1CO2. The van der Waals surface area contributed by atoms with Crippen LogP contribution >= 0.6 is 0 Å². The van der Waals surface area contributed by atoms with E-state index in [0.29, 0.717) is 6.10 Å². The van der Waals surface area contributed by atoms with Crippen molar-refractivity contribution in [3.8, 4) is 0 Å². The molecule has 1 aliphatic heterocycles. The maximum atomic E-state index is 5.35. The summed E-state index contributed by atoms with van der Waals surface area (Å²) >= 11 is 0. The minimum Gasteiger partial charge on any atom is -0.378 e. The molecule has 2 fully saturated rings. The minimum atomic E-state index is 0.671. The summed E-state index contributed by atoms with van der Waals surface area (Å²) in [5.74, 6) is 0.949. The van der Waals surface area contributed by atoms with Crippen molar-refractivity contribution in [2.45, 2.75) is 25.4 Å². The Morgan fingerprint density at radius 1 is 1.29 bits per heavy atom. The molecule has 2 aliphatic rings. The van der Waals surface area contributed by atoms with E-state index >= 15 is 0 Å². The first-order valence-electron chi connectivity index (χ1n) is 3.07. The average Bonchev–Trinajstić information content (AvgIpc) is 2.22. The standard InChI is InChI=1S/C6H10O/c1-2-6-3-5(1)4-7-6/h5-6H,1-4H2/t5-,6+/m1/s1. The summed E-state index contributed by atoms with van der Waals surface area (Å²) in [5.41, 5.74) is 0. The molecule has 1 heterocycles. The lowest BCUT2D eigenvalue weighted by atomic mass is 10.1. The molecule has 0 spiro atoms. The smallest absolute Gasteiger partial charge is 0.0578 e. The van der Waals surface area contributed by atoms with Gasteiger partial charge in [-0.1, -0.05) is 0 Å². The Hall–Kier alpha value is -0.0400. The van der Waals surface area contributed by atoms with Crippen LogP contribution in [0.15, 0.2) is 0 Å². The summed E-state index contributed by atoms with van der Waals surface area (Å²) in [6, 6.07) is 0. The van der Waals surface area contributed by atoms with E-state index < -0.39 is 0 Å². The van der Waals surface area contributed by atoms with Crippen LogP contribution in [-0.2, 0) is 4.74 Å². The van der Waals surface area contributed by atoms with Gasteiger partial charge in [-0.25, -0.2) is 0 Å². The van der Waals surface area contributed by atoms with E-state index in [1.165, 1.54) is 19.3 Å². The monoisotopic (exact) mass is 98.1 g/mol. The van der Waals surface area contributed by atoms with Crippen LogP contribution in [0.1, 0.15) is 19.3 Å². The van der Waals surface area contributed by atoms with Crippen LogP contribution in [0.3, 0.4) is 0 Å². The molecule has 2 rings (SSSR count). The Morgan fingerprint density at radius 3 is 2.43 bits per heavy atom. The molecule has 2 bridgehead atoms. The third-order valence-electron chi connectivity index (χ3n) is 2.06. The summed E-state index contributed by atoms with van der Waals surface area (Å²) in [5, 5.41) is 0. The number of hydrogen-bond donors (Lipinski definition) is 0. The van der Waals surface area contributed by atoms with E-state index in [0.717, 1.165) is 12.5 Å². The molecule has 1 heteroatoms. The summed E-state index contributed by atoms with van der Waals surface area (Å²) in [7, 11) is 0. The second-order valence-corrected chi connectivity index (χ2v) is 2.63. The lowest BCUT2D eigenvalue weighted by Gasteiger charge is -2.07. The van der Waals surface area contributed by atoms with E-state index in [9.17, 15) is 0 Å². The first-order chi connectivity index (χ1) is 3.45. The maximum absolute atomic E-state index is 5.35. The quantitative estimate of drug-likeness (QED) is 0.442. The second-order valence-electron chi connectivity index (χ2n) is 2.63. The van der Waals surface area contributed by atoms with Crippen LogP contribution < -0.4 is 0 Å². The van der Waals surface area contributed by atoms with Crippen molar-refractivity contribution in [1.29, 1.82) is 0 Å². The molecule has 0 aromatic carbocycles. The molecule has 0 aromatic heterocycles. The maximum Gasteiger partial charge on any atom is 0.0578 e. The van der Waals surface area contributed by atoms with Gasteiger partial charge in [-0.3, -0.25) is 0 Å².